The summed E-state index contributed by atoms with van der Waals surface area (Å²) in [4.78, 5) is 11.8. The van der Waals surface area contributed by atoms with Gasteiger partial charge in [0.1, 0.15) is 5.82 Å². The van der Waals surface area contributed by atoms with Crippen molar-refractivity contribution in [3.8, 4) is 0 Å². The first-order valence-corrected chi connectivity index (χ1v) is 6.10. The zero-order valence-corrected chi connectivity index (χ0v) is 11.3. The zero-order valence-electron chi connectivity index (χ0n) is 9.68. The molecule has 1 amide bonds. The summed E-state index contributed by atoms with van der Waals surface area (Å²) in [5, 5.41) is 1.98. The molecule has 2 rings (SSSR count). The van der Waals surface area contributed by atoms with Crippen molar-refractivity contribution < 1.29 is 22.4 Å². The highest BCUT2D eigenvalue weighted by Gasteiger charge is 2.18. The maximum absolute atomic E-state index is 13.7. The summed E-state index contributed by atoms with van der Waals surface area (Å²) in [6.07, 6.45) is 0. The molecule has 0 atom stereocenters. The summed E-state index contributed by atoms with van der Waals surface area (Å²) < 4.78 is 52.8. The SMILES string of the molecule is O=C(Nc1ccc(F)c(F)c1F)c1cccc(Br)c1F. The van der Waals surface area contributed by atoms with E-state index in [2.05, 4.69) is 15.9 Å². The van der Waals surface area contributed by atoms with Crippen molar-refractivity contribution in [3.05, 3.63) is 63.6 Å². The van der Waals surface area contributed by atoms with Crippen LogP contribution in [-0.2, 0) is 0 Å². The predicted molar refractivity (Wildman–Crippen MR) is 68.4 cm³/mol. The molecule has 20 heavy (non-hydrogen) atoms. The number of hydrogen-bond donors (Lipinski definition) is 1. The summed E-state index contributed by atoms with van der Waals surface area (Å²) in [6, 6.07) is 5.47. The van der Waals surface area contributed by atoms with Crippen LogP contribution in [0.3, 0.4) is 0 Å². The normalized spacial score (nSPS) is 10.4. The van der Waals surface area contributed by atoms with Crippen molar-refractivity contribution in [2.24, 2.45) is 0 Å². The lowest BCUT2D eigenvalue weighted by molar-refractivity contribution is 0.102. The molecule has 2 nitrogen and oxygen atoms in total. The number of benzene rings is 2. The molecule has 0 aromatic heterocycles. The van der Waals surface area contributed by atoms with Gasteiger partial charge in [-0.1, -0.05) is 6.07 Å². The van der Waals surface area contributed by atoms with Gasteiger partial charge in [-0.3, -0.25) is 4.79 Å². The number of anilines is 1. The largest absolute Gasteiger partial charge is 0.319 e. The van der Waals surface area contributed by atoms with Gasteiger partial charge in [-0.15, -0.1) is 0 Å². The lowest BCUT2D eigenvalue weighted by Gasteiger charge is -2.08. The van der Waals surface area contributed by atoms with E-state index in [4.69, 9.17) is 0 Å². The monoisotopic (exact) mass is 347 g/mol. The smallest absolute Gasteiger partial charge is 0.258 e. The quantitative estimate of drug-likeness (QED) is 0.638. The molecule has 0 fully saturated rings. The van der Waals surface area contributed by atoms with E-state index in [1.54, 1.807) is 0 Å². The van der Waals surface area contributed by atoms with Crippen LogP contribution in [0.25, 0.3) is 0 Å². The topological polar surface area (TPSA) is 29.1 Å². The molecule has 0 unspecified atom stereocenters. The van der Waals surface area contributed by atoms with Crippen LogP contribution in [0.4, 0.5) is 23.2 Å². The van der Waals surface area contributed by atoms with Crippen LogP contribution in [0.1, 0.15) is 10.4 Å². The molecule has 0 saturated heterocycles. The molecule has 0 heterocycles. The van der Waals surface area contributed by atoms with Crippen molar-refractivity contribution in [1.82, 2.24) is 0 Å². The maximum Gasteiger partial charge on any atom is 0.258 e. The van der Waals surface area contributed by atoms with Crippen LogP contribution in [-0.4, -0.2) is 5.91 Å². The molecule has 2 aromatic rings. The Morgan fingerprint density at radius 3 is 2.35 bits per heavy atom. The second-order valence-corrected chi connectivity index (χ2v) is 4.63. The van der Waals surface area contributed by atoms with E-state index in [-0.39, 0.29) is 10.0 Å². The fraction of sp³-hybridized carbons (Fsp3) is 0. The highest BCUT2D eigenvalue weighted by Crippen LogP contribution is 2.22. The molecule has 104 valence electrons. The standard InChI is InChI=1S/C13H6BrF4NO/c14-7-3-1-2-6(10(7)16)13(20)19-9-5-4-8(15)11(17)12(9)18/h1-5H,(H,19,20). The highest BCUT2D eigenvalue weighted by molar-refractivity contribution is 9.10. The van der Waals surface area contributed by atoms with Gasteiger partial charge in [0.15, 0.2) is 17.5 Å². The third kappa shape index (κ3) is 2.67. The van der Waals surface area contributed by atoms with Gasteiger partial charge in [0, 0.05) is 0 Å². The van der Waals surface area contributed by atoms with Gasteiger partial charge in [-0.05, 0) is 40.2 Å². The predicted octanol–water partition coefficient (Wildman–Crippen LogP) is 4.26. The Balaban J connectivity index is 2.33. The number of halogens is 5. The lowest BCUT2D eigenvalue weighted by atomic mass is 10.2. The number of nitrogens with one attached hydrogen (secondary N) is 1. The second-order valence-electron chi connectivity index (χ2n) is 3.78. The van der Waals surface area contributed by atoms with E-state index < -0.39 is 34.9 Å². The molecule has 1 N–H and O–H groups in total. The van der Waals surface area contributed by atoms with Crippen LogP contribution in [0, 0.1) is 23.3 Å². The average molecular weight is 348 g/mol. The summed E-state index contributed by atoms with van der Waals surface area (Å²) in [6.45, 7) is 0. The Labute approximate surface area is 119 Å². The molecule has 0 aliphatic heterocycles. The Morgan fingerprint density at radius 1 is 0.950 bits per heavy atom. The van der Waals surface area contributed by atoms with E-state index >= 15 is 0 Å². The lowest BCUT2D eigenvalue weighted by Crippen LogP contribution is -2.15. The number of amides is 1. The van der Waals surface area contributed by atoms with Crippen molar-refractivity contribution in [1.29, 1.82) is 0 Å². The van der Waals surface area contributed by atoms with E-state index in [0.29, 0.717) is 6.07 Å². The van der Waals surface area contributed by atoms with Crippen LogP contribution >= 0.6 is 15.9 Å². The van der Waals surface area contributed by atoms with Gasteiger partial charge in [0.25, 0.3) is 5.91 Å². The molecular weight excluding hydrogens is 342 g/mol. The number of rotatable bonds is 2. The number of carbonyl (C=O) groups excluding carboxylic acids is 1. The third-order valence-electron chi connectivity index (χ3n) is 2.48. The van der Waals surface area contributed by atoms with Gasteiger partial charge in [-0.2, -0.15) is 0 Å². The van der Waals surface area contributed by atoms with Crippen molar-refractivity contribution in [3.63, 3.8) is 0 Å². The number of carbonyl (C=O) groups is 1. The first kappa shape index (κ1) is 14.5. The molecule has 0 aliphatic carbocycles. The minimum absolute atomic E-state index is 0.0518. The Morgan fingerprint density at radius 2 is 1.65 bits per heavy atom. The van der Waals surface area contributed by atoms with Gasteiger partial charge < -0.3 is 5.32 Å². The molecule has 0 saturated carbocycles. The van der Waals surface area contributed by atoms with Crippen LogP contribution in [0.5, 0.6) is 0 Å². The third-order valence-corrected chi connectivity index (χ3v) is 3.09. The van der Waals surface area contributed by atoms with E-state index in [1.807, 2.05) is 5.32 Å². The molecule has 0 spiro atoms. The van der Waals surface area contributed by atoms with Crippen molar-refractivity contribution in [2.45, 2.75) is 0 Å². The van der Waals surface area contributed by atoms with Gasteiger partial charge in [0.2, 0.25) is 0 Å². The molecule has 0 aliphatic rings. The fourth-order valence-corrected chi connectivity index (χ4v) is 1.86. The fourth-order valence-electron chi connectivity index (χ4n) is 1.49. The highest BCUT2D eigenvalue weighted by atomic mass is 79.9. The Bertz CT molecular complexity index is 690. The first-order chi connectivity index (χ1) is 9.41. The van der Waals surface area contributed by atoms with E-state index in [9.17, 15) is 22.4 Å². The van der Waals surface area contributed by atoms with E-state index in [1.165, 1.54) is 18.2 Å². The molecule has 0 bridgehead atoms. The van der Waals surface area contributed by atoms with E-state index in [0.717, 1.165) is 6.07 Å². The molecule has 7 heteroatoms. The van der Waals surface area contributed by atoms with Crippen LogP contribution < -0.4 is 5.32 Å². The van der Waals surface area contributed by atoms with Crippen molar-refractivity contribution in [2.75, 3.05) is 5.32 Å². The second kappa shape index (κ2) is 5.62. The first-order valence-electron chi connectivity index (χ1n) is 5.30. The summed E-state index contributed by atoms with van der Waals surface area (Å²) in [5.74, 6) is -6.46. The number of hydrogen-bond acceptors (Lipinski definition) is 1. The molecule has 0 radical (unpaired) electrons. The summed E-state index contributed by atoms with van der Waals surface area (Å²) in [7, 11) is 0. The summed E-state index contributed by atoms with van der Waals surface area (Å²) >= 11 is 2.90. The van der Waals surface area contributed by atoms with Crippen LogP contribution in [0.2, 0.25) is 0 Å². The maximum atomic E-state index is 13.7. The molecule has 2 aromatic carbocycles. The van der Waals surface area contributed by atoms with Gasteiger partial charge in [-0.25, -0.2) is 17.6 Å². The molecular formula is C13H6BrF4NO. The Hall–Kier alpha value is -1.89. The van der Waals surface area contributed by atoms with Crippen molar-refractivity contribution >= 4 is 27.5 Å². The Kier molecular flexibility index (Phi) is 4.08. The van der Waals surface area contributed by atoms with Gasteiger partial charge in [0.05, 0.1) is 15.7 Å². The van der Waals surface area contributed by atoms with Crippen LogP contribution in [0.15, 0.2) is 34.8 Å². The minimum Gasteiger partial charge on any atom is -0.319 e. The van der Waals surface area contributed by atoms with Gasteiger partial charge >= 0.3 is 0 Å². The summed E-state index contributed by atoms with van der Waals surface area (Å²) in [5.41, 5.74) is -0.934. The zero-order chi connectivity index (χ0) is 14.9. The minimum atomic E-state index is -1.71. The average Bonchev–Trinajstić information content (AvgIpc) is 2.42.